The lowest BCUT2D eigenvalue weighted by Crippen LogP contribution is -2.13. The molecule has 5 aromatic rings. The van der Waals surface area contributed by atoms with Crippen LogP contribution >= 0.6 is 0 Å². The smallest absolute Gasteiger partial charge is 0.257 e. The maximum Gasteiger partial charge on any atom is 0.257 e. The highest BCUT2D eigenvalue weighted by atomic mass is 16.1. The zero-order chi connectivity index (χ0) is 21.4. The normalized spacial score (nSPS) is 11.0. The molecular formula is C28H22N2O. The molecule has 1 aromatic heterocycles. The molecule has 1 amide bonds. The van der Waals surface area contributed by atoms with Crippen LogP contribution in [0.15, 0.2) is 91.0 Å². The fraction of sp³-hybridized carbons (Fsp3) is 0.0714. The van der Waals surface area contributed by atoms with Crippen molar-refractivity contribution in [2.24, 2.45) is 0 Å². The Labute approximate surface area is 181 Å². The molecule has 0 atom stereocenters. The van der Waals surface area contributed by atoms with Crippen LogP contribution < -0.4 is 5.32 Å². The average Bonchev–Trinajstić information content (AvgIpc) is 2.79. The molecule has 0 aliphatic heterocycles. The SMILES string of the molecule is Cc1ccc(-c2cccc(NC(=O)c3c4ccccc4nc4ccccc34)c2)cc1C. The molecule has 150 valence electrons. The monoisotopic (exact) mass is 402 g/mol. The third-order valence-electron chi connectivity index (χ3n) is 5.78. The summed E-state index contributed by atoms with van der Waals surface area (Å²) < 4.78 is 0. The molecule has 0 fully saturated rings. The standard InChI is InChI=1S/C28H22N2O/c1-18-14-15-21(16-19(18)2)20-8-7-9-22(17-20)29-28(31)27-23-10-3-5-12-25(23)30-26-13-6-4-11-24(26)27/h3-17H,1-2H3,(H,29,31). The summed E-state index contributed by atoms with van der Waals surface area (Å²) in [5.41, 5.74) is 7.78. The summed E-state index contributed by atoms with van der Waals surface area (Å²) in [5, 5.41) is 4.81. The van der Waals surface area contributed by atoms with Crippen molar-refractivity contribution < 1.29 is 4.79 Å². The molecule has 0 aliphatic rings. The van der Waals surface area contributed by atoms with Crippen LogP contribution in [0.5, 0.6) is 0 Å². The van der Waals surface area contributed by atoms with Gasteiger partial charge in [0.15, 0.2) is 0 Å². The van der Waals surface area contributed by atoms with E-state index in [1.165, 1.54) is 11.1 Å². The first-order valence-corrected chi connectivity index (χ1v) is 10.4. The molecule has 0 aliphatic carbocycles. The molecule has 0 bridgehead atoms. The van der Waals surface area contributed by atoms with Crippen molar-refractivity contribution in [1.82, 2.24) is 4.98 Å². The van der Waals surface area contributed by atoms with Gasteiger partial charge < -0.3 is 5.32 Å². The van der Waals surface area contributed by atoms with E-state index in [-0.39, 0.29) is 5.91 Å². The van der Waals surface area contributed by atoms with Gasteiger partial charge >= 0.3 is 0 Å². The number of nitrogens with one attached hydrogen (secondary N) is 1. The molecule has 3 heteroatoms. The first-order chi connectivity index (χ1) is 15.1. The molecule has 0 saturated heterocycles. The van der Waals surface area contributed by atoms with E-state index in [0.29, 0.717) is 5.56 Å². The van der Waals surface area contributed by atoms with Crippen LogP contribution in [-0.4, -0.2) is 10.9 Å². The first kappa shape index (κ1) is 19.0. The Morgan fingerprint density at radius 2 is 1.32 bits per heavy atom. The summed E-state index contributed by atoms with van der Waals surface area (Å²) in [5.74, 6) is -0.132. The largest absolute Gasteiger partial charge is 0.322 e. The van der Waals surface area contributed by atoms with Gasteiger partial charge in [-0.25, -0.2) is 4.98 Å². The average molecular weight is 402 g/mol. The van der Waals surface area contributed by atoms with Crippen LogP contribution in [0.1, 0.15) is 21.5 Å². The number of amides is 1. The first-order valence-electron chi connectivity index (χ1n) is 10.4. The quantitative estimate of drug-likeness (QED) is 0.333. The van der Waals surface area contributed by atoms with Crippen LogP contribution in [0.25, 0.3) is 32.9 Å². The predicted molar refractivity (Wildman–Crippen MR) is 129 cm³/mol. The van der Waals surface area contributed by atoms with E-state index in [4.69, 9.17) is 4.98 Å². The van der Waals surface area contributed by atoms with Crippen LogP contribution in [-0.2, 0) is 0 Å². The molecule has 1 N–H and O–H groups in total. The summed E-state index contributed by atoms with van der Waals surface area (Å²) in [6, 6.07) is 30.0. The maximum absolute atomic E-state index is 13.4. The van der Waals surface area contributed by atoms with Crippen molar-refractivity contribution in [3.05, 3.63) is 108 Å². The Kier molecular flexibility index (Phi) is 4.72. The Hall–Kier alpha value is -3.98. The van der Waals surface area contributed by atoms with Crippen molar-refractivity contribution in [2.75, 3.05) is 5.32 Å². The van der Waals surface area contributed by atoms with E-state index < -0.39 is 0 Å². The van der Waals surface area contributed by atoms with Gasteiger partial charge in [-0.05, 0) is 60.4 Å². The number of aromatic nitrogens is 1. The van der Waals surface area contributed by atoms with Crippen molar-refractivity contribution in [3.8, 4) is 11.1 Å². The lowest BCUT2D eigenvalue weighted by atomic mass is 9.99. The van der Waals surface area contributed by atoms with Crippen LogP contribution in [0.4, 0.5) is 5.69 Å². The van der Waals surface area contributed by atoms with Gasteiger partial charge in [0, 0.05) is 16.5 Å². The Balaban J connectivity index is 1.56. The fourth-order valence-electron chi connectivity index (χ4n) is 3.98. The zero-order valence-electron chi connectivity index (χ0n) is 17.5. The minimum atomic E-state index is -0.132. The third-order valence-corrected chi connectivity index (χ3v) is 5.78. The van der Waals surface area contributed by atoms with Gasteiger partial charge in [-0.1, -0.05) is 66.7 Å². The van der Waals surface area contributed by atoms with E-state index in [1.807, 2.05) is 66.7 Å². The Morgan fingerprint density at radius 1 is 0.677 bits per heavy atom. The number of hydrogen-bond donors (Lipinski definition) is 1. The van der Waals surface area contributed by atoms with Crippen molar-refractivity contribution in [2.45, 2.75) is 13.8 Å². The molecule has 0 unspecified atom stereocenters. The second-order valence-corrected chi connectivity index (χ2v) is 7.86. The summed E-state index contributed by atoms with van der Waals surface area (Å²) in [4.78, 5) is 18.2. The number of benzene rings is 4. The Bertz CT molecular complexity index is 1400. The Morgan fingerprint density at radius 3 is 2.00 bits per heavy atom. The number of aryl methyl sites for hydroxylation is 2. The number of rotatable bonds is 3. The number of anilines is 1. The number of para-hydroxylation sites is 2. The summed E-state index contributed by atoms with van der Waals surface area (Å²) in [6.07, 6.45) is 0. The number of pyridine rings is 1. The number of nitrogens with zero attached hydrogens (tertiary/aromatic N) is 1. The zero-order valence-corrected chi connectivity index (χ0v) is 17.5. The minimum Gasteiger partial charge on any atom is -0.322 e. The molecule has 1 heterocycles. The highest BCUT2D eigenvalue weighted by molar-refractivity contribution is 6.20. The van der Waals surface area contributed by atoms with E-state index in [0.717, 1.165) is 38.6 Å². The van der Waals surface area contributed by atoms with Gasteiger partial charge in [-0.3, -0.25) is 4.79 Å². The number of hydrogen-bond acceptors (Lipinski definition) is 2. The van der Waals surface area contributed by atoms with Crippen molar-refractivity contribution in [1.29, 1.82) is 0 Å². The van der Waals surface area contributed by atoms with E-state index in [9.17, 15) is 4.79 Å². The van der Waals surface area contributed by atoms with E-state index in [1.54, 1.807) is 0 Å². The molecule has 5 rings (SSSR count). The lowest BCUT2D eigenvalue weighted by Gasteiger charge is -2.12. The molecule has 31 heavy (non-hydrogen) atoms. The maximum atomic E-state index is 13.4. The second kappa shape index (κ2) is 7.69. The van der Waals surface area contributed by atoms with Crippen LogP contribution in [0, 0.1) is 13.8 Å². The van der Waals surface area contributed by atoms with Gasteiger partial charge in [-0.15, -0.1) is 0 Å². The third kappa shape index (κ3) is 3.55. The summed E-state index contributed by atoms with van der Waals surface area (Å²) >= 11 is 0. The highest BCUT2D eigenvalue weighted by Gasteiger charge is 2.16. The number of carbonyl (C=O) groups is 1. The predicted octanol–water partition coefficient (Wildman–Crippen LogP) is 6.92. The van der Waals surface area contributed by atoms with E-state index in [2.05, 4.69) is 43.4 Å². The van der Waals surface area contributed by atoms with Gasteiger partial charge in [0.25, 0.3) is 5.91 Å². The minimum absolute atomic E-state index is 0.132. The van der Waals surface area contributed by atoms with Crippen molar-refractivity contribution >= 4 is 33.4 Å². The topological polar surface area (TPSA) is 42.0 Å². The molecule has 4 aromatic carbocycles. The number of carbonyl (C=O) groups excluding carboxylic acids is 1. The molecule has 3 nitrogen and oxygen atoms in total. The van der Waals surface area contributed by atoms with Gasteiger partial charge in [0.1, 0.15) is 0 Å². The van der Waals surface area contributed by atoms with Crippen molar-refractivity contribution in [3.63, 3.8) is 0 Å². The highest BCUT2D eigenvalue weighted by Crippen LogP contribution is 2.28. The fourth-order valence-corrected chi connectivity index (χ4v) is 3.98. The van der Waals surface area contributed by atoms with Gasteiger partial charge in [-0.2, -0.15) is 0 Å². The lowest BCUT2D eigenvalue weighted by molar-refractivity contribution is 0.103. The molecule has 0 radical (unpaired) electrons. The van der Waals surface area contributed by atoms with Crippen LogP contribution in [0.2, 0.25) is 0 Å². The second-order valence-electron chi connectivity index (χ2n) is 7.86. The summed E-state index contributed by atoms with van der Waals surface area (Å²) in [7, 11) is 0. The summed E-state index contributed by atoms with van der Waals surface area (Å²) in [6.45, 7) is 4.23. The number of fused-ring (bicyclic) bond motifs is 2. The molecule has 0 spiro atoms. The molecule has 0 saturated carbocycles. The van der Waals surface area contributed by atoms with Gasteiger partial charge in [0.05, 0.1) is 16.6 Å². The molecular weight excluding hydrogens is 380 g/mol. The van der Waals surface area contributed by atoms with E-state index >= 15 is 0 Å². The van der Waals surface area contributed by atoms with Crippen LogP contribution in [0.3, 0.4) is 0 Å². The van der Waals surface area contributed by atoms with Gasteiger partial charge in [0.2, 0.25) is 0 Å².